The SMILES string of the molecule is O=C(O)[C@@H]1CCCN(C(=O)Cn2nc3ccccn3c2=O)C1. The minimum atomic E-state index is -0.887. The number of carboxylic acid groups (broad SMARTS) is 1. The first-order valence-electron chi connectivity index (χ1n) is 7.11. The monoisotopic (exact) mass is 304 g/mol. The van der Waals surface area contributed by atoms with Crippen LogP contribution < -0.4 is 5.69 Å². The molecule has 8 nitrogen and oxygen atoms in total. The maximum Gasteiger partial charge on any atom is 0.350 e. The van der Waals surface area contributed by atoms with Crippen LogP contribution in [0.1, 0.15) is 12.8 Å². The van der Waals surface area contributed by atoms with Gasteiger partial charge in [-0.15, -0.1) is 5.10 Å². The second kappa shape index (κ2) is 5.63. The molecule has 0 unspecified atom stereocenters. The molecule has 0 aliphatic carbocycles. The Labute approximate surface area is 125 Å². The Bertz CT molecular complexity index is 778. The standard InChI is InChI=1S/C14H16N4O4/c19-12(16-6-3-4-10(8-16)13(20)21)9-18-14(22)17-7-2-1-5-11(17)15-18/h1-2,5,7,10H,3-4,6,8-9H2,(H,20,21)/t10-/m1/s1. The quantitative estimate of drug-likeness (QED) is 0.848. The van der Waals surface area contributed by atoms with E-state index in [1.165, 1.54) is 9.30 Å². The zero-order chi connectivity index (χ0) is 15.7. The molecule has 1 aliphatic rings. The number of hydrogen-bond donors (Lipinski definition) is 1. The van der Waals surface area contributed by atoms with Gasteiger partial charge in [0.1, 0.15) is 6.54 Å². The van der Waals surface area contributed by atoms with Gasteiger partial charge in [0.25, 0.3) is 0 Å². The third-order valence-electron chi connectivity index (χ3n) is 3.90. The number of fused-ring (bicyclic) bond motifs is 1. The summed E-state index contributed by atoms with van der Waals surface area (Å²) in [5.41, 5.74) is 0.0955. The summed E-state index contributed by atoms with van der Waals surface area (Å²) in [7, 11) is 0. The van der Waals surface area contributed by atoms with E-state index in [2.05, 4.69) is 5.10 Å². The van der Waals surface area contributed by atoms with Gasteiger partial charge in [0.15, 0.2) is 5.65 Å². The molecule has 0 bridgehead atoms. The van der Waals surface area contributed by atoms with Crippen molar-refractivity contribution in [3.63, 3.8) is 0 Å². The average molecular weight is 304 g/mol. The van der Waals surface area contributed by atoms with Gasteiger partial charge in [-0.05, 0) is 25.0 Å². The summed E-state index contributed by atoms with van der Waals surface area (Å²) in [5, 5.41) is 13.2. The molecule has 1 fully saturated rings. The maximum atomic E-state index is 12.3. The Balaban J connectivity index is 1.77. The summed E-state index contributed by atoms with van der Waals surface area (Å²) in [6.45, 7) is 0.536. The van der Waals surface area contributed by atoms with Crippen molar-refractivity contribution in [1.29, 1.82) is 0 Å². The van der Waals surface area contributed by atoms with E-state index in [0.717, 1.165) is 4.68 Å². The summed E-state index contributed by atoms with van der Waals surface area (Å²) < 4.78 is 2.48. The molecule has 1 amide bonds. The van der Waals surface area contributed by atoms with Gasteiger partial charge in [-0.2, -0.15) is 0 Å². The fraction of sp³-hybridized carbons (Fsp3) is 0.429. The third-order valence-corrected chi connectivity index (χ3v) is 3.90. The number of piperidine rings is 1. The fourth-order valence-electron chi connectivity index (χ4n) is 2.70. The molecule has 3 heterocycles. The van der Waals surface area contributed by atoms with Crippen LogP contribution in [0.5, 0.6) is 0 Å². The van der Waals surface area contributed by atoms with Crippen molar-refractivity contribution in [3.8, 4) is 0 Å². The molecule has 2 aromatic heterocycles. The lowest BCUT2D eigenvalue weighted by atomic mass is 9.98. The number of hydrogen-bond acceptors (Lipinski definition) is 4. The number of aliphatic carboxylic acids is 1. The Morgan fingerprint density at radius 1 is 1.36 bits per heavy atom. The number of nitrogens with zero attached hydrogens (tertiary/aromatic N) is 4. The number of pyridine rings is 1. The first kappa shape index (κ1) is 14.3. The Hall–Kier alpha value is -2.64. The Morgan fingerprint density at radius 2 is 2.18 bits per heavy atom. The lowest BCUT2D eigenvalue weighted by molar-refractivity contribution is -0.145. The van der Waals surface area contributed by atoms with Crippen molar-refractivity contribution in [2.24, 2.45) is 5.92 Å². The molecule has 1 saturated heterocycles. The number of aromatic nitrogens is 3. The number of likely N-dealkylation sites (tertiary alicyclic amines) is 1. The van der Waals surface area contributed by atoms with Crippen molar-refractivity contribution < 1.29 is 14.7 Å². The van der Waals surface area contributed by atoms with E-state index in [-0.39, 0.29) is 24.7 Å². The molecule has 1 atom stereocenters. The lowest BCUT2D eigenvalue weighted by Crippen LogP contribution is -2.44. The second-order valence-electron chi connectivity index (χ2n) is 5.39. The smallest absolute Gasteiger partial charge is 0.350 e. The molecular formula is C14H16N4O4. The molecule has 116 valence electrons. The average Bonchev–Trinajstić information content (AvgIpc) is 2.84. The summed E-state index contributed by atoms with van der Waals surface area (Å²) in [6, 6.07) is 5.16. The molecule has 2 aromatic rings. The molecule has 22 heavy (non-hydrogen) atoms. The number of carbonyl (C=O) groups is 2. The minimum absolute atomic E-state index is 0.174. The van der Waals surface area contributed by atoms with Gasteiger partial charge >= 0.3 is 11.7 Å². The number of carboxylic acids is 1. The fourth-order valence-corrected chi connectivity index (χ4v) is 2.70. The minimum Gasteiger partial charge on any atom is -0.481 e. The van der Waals surface area contributed by atoms with Crippen LogP contribution in [0.3, 0.4) is 0 Å². The lowest BCUT2D eigenvalue weighted by Gasteiger charge is -2.30. The van der Waals surface area contributed by atoms with Crippen LogP contribution in [0.25, 0.3) is 5.65 Å². The Kier molecular flexibility index (Phi) is 3.66. The highest BCUT2D eigenvalue weighted by Crippen LogP contribution is 2.16. The van der Waals surface area contributed by atoms with Crippen LogP contribution >= 0.6 is 0 Å². The number of amides is 1. The third kappa shape index (κ3) is 2.59. The summed E-state index contributed by atoms with van der Waals surface area (Å²) in [4.78, 5) is 36.9. The van der Waals surface area contributed by atoms with Crippen LogP contribution in [-0.4, -0.2) is 49.2 Å². The van der Waals surface area contributed by atoms with Crippen molar-refractivity contribution in [3.05, 3.63) is 34.9 Å². The van der Waals surface area contributed by atoms with Crippen molar-refractivity contribution in [2.45, 2.75) is 19.4 Å². The predicted molar refractivity (Wildman–Crippen MR) is 76.4 cm³/mol. The van der Waals surface area contributed by atoms with Crippen molar-refractivity contribution >= 4 is 17.5 Å². The Morgan fingerprint density at radius 3 is 2.91 bits per heavy atom. The van der Waals surface area contributed by atoms with Crippen LogP contribution in [-0.2, 0) is 16.1 Å². The van der Waals surface area contributed by atoms with E-state index in [1.54, 1.807) is 24.4 Å². The van der Waals surface area contributed by atoms with E-state index in [9.17, 15) is 14.4 Å². The van der Waals surface area contributed by atoms with E-state index < -0.39 is 11.9 Å². The molecule has 1 N–H and O–H groups in total. The molecule has 8 heteroatoms. The van der Waals surface area contributed by atoms with Crippen molar-refractivity contribution in [2.75, 3.05) is 13.1 Å². The molecule has 3 rings (SSSR count). The molecule has 0 saturated carbocycles. The maximum absolute atomic E-state index is 12.3. The topological polar surface area (TPSA) is 96.9 Å². The molecular weight excluding hydrogens is 288 g/mol. The molecule has 0 aromatic carbocycles. The number of rotatable bonds is 3. The van der Waals surface area contributed by atoms with Gasteiger partial charge in [-0.25, -0.2) is 9.48 Å². The highest BCUT2D eigenvalue weighted by molar-refractivity contribution is 5.77. The van der Waals surface area contributed by atoms with E-state index in [4.69, 9.17) is 5.11 Å². The van der Waals surface area contributed by atoms with Crippen LogP contribution in [0.2, 0.25) is 0 Å². The predicted octanol–water partition coefficient (Wildman–Crippen LogP) is -0.181. The zero-order valence-corrected chi connectivity index (χ0v) is 11.9. The van der Waals surface area contributed by atoms with Crippen LogP contribution in [0.15, 0.2) is 29.2 Å². The first-order valence-corrected chi connectivity index (χ1v) is 7.11. The van der Waals surface area contributed by atoms with Crippen molar-refractivity contribution in [1.82, 2.24) is 19.1 Å². The van der Waals surface area contributed by atoms with Gasteiger partial charge in [-0.1, -0.05) is 6.07 Å². The van der Waals surface area contributed by atoms with E-state index >= 15 is 0 Å². The summed E-state index contributed by atoms with van der Waals surface area (Å²) in [5.74, 6) is -1.70. The number of carbonyl (C=O) groups excluding carboxylic acids is 1. The normalized spacial score (nSPS) is 18.5. The van der Waals surface area contributed by atoms with Gasteiger partial charge in [0, 0.05) is 19.3 Å². The first-order chi connectivity index (χ1) is 10.6. The van der Waals surface area contributed by atoms with E-state index in [0.29, 0.717) is 25.0 Å². The highest BCUT2D eigenvalue weighted by Gasteiger charge is 2.28. The largest absolute Gasteiger partial charge is 0.481 e. The molecule has 0 radical (unpaired) electrons. The van der Waals surface area contributed by atoms with Gasteiger partial charge in [-0.3, -0.25) is 14.0 Å². The summed E-state index contributed by atoms with van der Waals surface area (Å²) in [6.07, 6.45) is 2.82. The van der Waals surface area contributed by atoms with Gasteiger partial charge in [0.05, 0.1) is 5.92 Å². The van der Waals surface area contributed by atoms with Gasteiger partial charge < -0.3 is 10.0 Å². The van der Waals surface area contributed by atoms with Crippen LogP contribution in [0, 0.1) is 5.92 Å². The summed E-state index contributed by atoms with van der Waals surface area (Å²) >= 11 is 0. The van der Waals surface area contributed by atoms with Crippen LogP contribution in [0.4, 0.5) is 0 Å². The van der Waals surface area contributed by atoms with E-state index in [1.807, 2.05) is 0 Å². The zero-order valence-electron chi connectivity index (χ0n) is 11.9. The molecule has 1 aliphatic heterocycles. The molecule has 0 spiro atoms. The second-order valence-corrected chi connectivity index (χ2v) is 5.39. The van der Waals surface area contributed by atoms with Gasteiger partial charge in [0.2, 0.25) is 5.91 Å². The highest BCUT2D eigenvalue weighted by atomic mass is 16.4.